The van der Waals surface area contributed by atoms with Crippen molar-refractivity contribution >= 4 is 46.1 Å². The van der Waals surface area contributed by atoms with E-state index in [0.717, 1.165) is 5.52 Å². The number of fused-ring (bicyclic) bond motifs is 1. The van der Waals surface area contributed by atoms with Gasteiger partial charge in [-0.1, -0.05) is 11.6 Å². The van der Waals surface area contributed by atoms with Gasteiger partial charge in [0.2, 0.25) is 5.95 Å². The van der Waals surface area contributed by atoms with Gasteiger partial charge in [0, 0.05) is 19.3 Å². The predicted molar refractivity (Wildman–Crippen MR) is 99.1 cm³/mol. The van der Waals surface area contributed by atoms with Crippen LogP contribution in [0.4, 0.5) is 17.5 Å². The number of nitrogens with zero attached hydrogens (tertiary/aromatic N) is 3. The van der Waals surface area contributed by atoms with Gasteiger partial charge >= 0.3 is 5.97 Å². The second-order valence-electron chi connectivity index (χ2n) is 5.41. The highest BCUT2D eigenvalue weighted by molar-refractivity contribution is 6.33. The maximum absolute atomic E-state index is 11.6. The van der Waals surface area contributed by atoms with Crippen LogP contribution in [0.25, 0.3) is 11.0 Å². The van der Waals surface area contributed by atoms with Crippen molar-refractivity contribution in [2.24, 2.45) is 0 Å². The van der Waals surface area contributed by atoms with Gasteiger partial charge in [-0.3, -0.25) is 0 Å². The Balaban J connectivity index is 2.05. The lowest BCUT2D eigenvalue weighted by Gasteiger charge is -2.22. The van der Waals surface area contributed by atoms with Gasteiger partial charge in [-0.25, -0.2) is 14.8 Å². The second kappa shape index (κ2) is 6.98. The summed E-state index contributed by atoms with van der Waals surface area (Å²) < 4.78 is 0. The fraction of sp³-hybridized carbons (Fsp3) is 0.235. The number of hydrogen-bond acceptors (Lipinski definition) is 5. The summed E-state index contributed by atoms with van der Waals surface area (Å²) in [6, 6.07) is 6.85. The van der Waals surface area contributed by atoms with Crippen molar-refractivity contribution in [2.75, 3.05) is 23.3 Å². The fourth-order valence-electron chi connectivity index (χ4n) is 2.69. The highest BCUT2D eigenvalue weighted by Gasteiger charge is 2.17. The standard InChI is InChI=1S/C17H18ClN5O2/c1-3-23(4-2)14-9-13-12(8-10(14)16(24)25)20-17(21-13)22-15-11(18)6-5-7-19-15/h5-9H,3-4H2,1-2H3,(H,24,25)(H2,19,20,21,22). The van der Waals surface area contributed by atoms with E-state index in [1.807, 2.05) is 24.8 Å². The number of carbonyl (C=O) groups is 1. The topological polar surface area (TPSA) is 94.1 Å². The third-order valence-electron chi connectivity index (χ3n) is 3.93. The molecule has 3 N–H and O–H groups in total. The highest BCUT2D eigenvalue weighted by atomic mass is 35.5. The first-order chi connectivity index (χ1) is 12.0. The van der Waals surface area contributed by atoms with E-state index in [2.05, 4.69) is 20.3 Å². The molecule has 3 rings (SSSR count). The lowest BCUT2D eigenvalue weighted by Crippen LogP contribution is -2.24. The summed E-state index contributed by atoms with van der Waals surface area (Å²) in [5.74, 6) is -0.0524. The third-order valence-corrected chi connectivity index (χ3v) is 4.23. The van der Waals surface area contributed by atoms with Crippen LogP contribution in [0.5, 0.6) is 0 Å². The van der Waals surface area contributed by atoms with Crippen LogP contribution in [0.15, 0.2) is 30.5 Å². The molecule has 3 aromatic rings. The molecule has 2 aromatic heterocycles. The fourth-order valence-corrected chi connectivity index (χ4v) is 2.86. The first-order valence-corrected chi connectivity index (χ1v) is 8.30. The van der Waals surface area contributed by atoms with Gasteiger partial charge in [0.25, 0.3) is 0 Å². The maximum Gasteiger partial charge on any atom is 0.337 e. The molecule has 0 radical (unpaired) electrons. The molecule has 2 heterocycles. The molecular formula is C17H18ClN5O2. The summed E-state index contributed by atoms with van der Waals surface area (Å²) in [7, 11) is 0. The van der Waals surface area contributed by atoms with Crippen molar-refractivity contribution in [1.82, 2.24) is 15.0 Å². The minimum atomic E-state index is -0.978. The van der Waals surface area contributed by atoms with Gasteiger partial charge in [0.15, 0.2) is 5.82 Å². The Morgan fingerprint density at radius 3 is 2.76 bits per heavy atom. The molecule has 0 fully saturated rings. The molecule has 0 aliphatic carbocycles. The summed E-state index contributed by atoms with van der Waals surface area (Å²) in [4.78, 5) is 25.3. The molecule has 130 valence electrons. The van der Waals surface area contributed by atoms with E-state index in [9.17, 15) is 9.90 Å². The number of anilines is 3. The van der Waals surface area contributed by atoms with Crippen LogP contribution in [0.1, 0.15) is 24.2 Å². The zero-order chi connectivity index (χ0) is 18.0. The van der Waals surface area contributed by atoms with E-state index in [0.29, 0.717) is 41.1 Å². The minimum absolute atomic E-state index is 0.227. The number of carboxylic acid groups (broad SMARTS) is 1. The number of carboxylic acids is 1. The van der Waals surface area contributed by atoms with Crippen LogP contribution in [0, 0.1) is 0 Å². The minimum Gasteiger partial charge on any atom is -0.478 e. The molecule has 0 bridgehead atoms. The van der Waals surface area contributed by atoms with Crippen molar-refractivity contribution in [3.05, 3.63) is 41.0 Å². The Labute approximate surface area is 149 Å². The van der Waals surface area contributed by atoms with Gasteiger partial charge in [-0.05, 0) is 38.1 Å². The van der Waals surface area contributed by atoms with Gasteiger partial charge in [-0.2, -0.15) is 0 Å². The first-order valence-electron chi connectivity index (χ1n) is 7.93. The summed E-state index contributed by atoms with van der Waals surface area (Å²) in [6.07, 6.45) is 1.62. The number of hydrogen-bond donors (Lipinski definition) is 3. The van der Waals surface area contributed by atoms with Crippen molar-refractivity contribution < 1.29 is 9.90 Å². The molecule has 25 heavy (non-hydrogen) atoms. The number of rotatable bonds is 6. The Bertz CT molecular complexity index is 921. The van der Waals surface area contributed by atoms with Crippen molar-refractivity contribution in [1.29, 1.82) is 0 Å². The molecule has 0 spiro atoms. The van der Waals surface area contributed by atoms with Crippen LogP contribution in [0.3, 0.4) is 0 Å². The SMILES string of the molecule is CCN(CC)c1cc2[nH]c(Nc3ncccc3Cl)nc2cc1C(=O)O. The number of nitrogens with one attached hydrogen (secondary N) is 2. The summed E-state index contributed by atoms with van der Waals surface area (Å²) >= 11 is 6.09. The molecule has 0 aliphatic rings. The smallest absolute Gasteiger partial charge is 0.337 e. The van der Waals surface area contributed by atoms with Crippen molar-refractivity contribution in [3.8, 4) is 0 Å². The molecule has 1 aromatic carbocycles. The van der Waals surface area contributed by atoms with Crippen LogP contribution >= 0.6 is 11.6 Å². The molecule has 0 saturated carbocycles. The Kier molecular flexibility index (Phi) is 4.76. The zero-order valence-electron chi connectivity index (χ0n) is 13.9. The number of aromatic amines is 1. The summed E-state index contributed by atoms with van der Waals surface area (Å²) in [6.45, 7) is 5.40. The second-order valence-corrected chi connectivity index (χ2v) is 5.82. The molecule has 7 nitrogen and oxygen atoms in total. The molecule has 0 unspecified atom stereocenters. The number of pyridine rings is 1. The molecule has 8 heteroatoms. The van der Waals surface area contributed by atoms with E-state index < -0.39 is 5.97 Å². The molecule has 0 saturated heterocycles. The molecule has 0 atom stereocenters. The Morgan fingerprint density at radius 2 is 2.12 bits per heavy atom. The first kappa shape index (κ1) is 17.0. The van der Waals surface area contributed by atoms with Crippen LogP contribution in [-0.4, -0.2) is 39.1 Å². The third kappa shape index (κ3) is 3.36. The quantitative estimate of drug-likeness (QED) is 0.618. The molecular weight excluding hydrogens is 342 g/mol. The van der Waals surface area contributed by atoms with Crippen molar-refractivity contribution in [3.63, 3.8) is 0 Å². The van der Waals surface area contributed by atoms with Gasteiger partial charge in [0.1, 0.15) is 0 Å². The molecule has 0 amide bonds. The van der Waals surface area contributed by atoms with E-state index in [1.54, 1.807) is 24.4 Å². The van der Waals surface area contributed by atoms with E-state index in [1.165, 1.54) is 0 Å². The number of aromatic carboxylic acids is 1. The number of halogens is 1. The summed E-state index contributed by atoms with van der Waals surface area (Å²) in [5.41, 5.74) is 2.19. The highest BCUT2D eigenvalue weighted by Crippen LogP contribution is 2.28. The number of H-pyrrole nitrogens is 1. The largest absolute Gasteiger partial charge is 0.478 e. The van der Waals surface area contributed by atoms with Gasteiger partial charge < -0.3 is 20.3 Å². The normalized spacial score (nSPS) is 10.8. The van der Waals surface area contributed by atoms with Crippen molar-refractivity contribution in [2.45, 2.75) is 13.8 Å². The molecule has 0 aliphatic heterocycles. The van der Waals surface area contributed by atoms with Crippen LogP contribution in [-0.2, 0) is 0 Å². The van der Waals surface area contributed by atoms with Gasteiger partial charge in [0.05, 0.1) is 27.3 Å². The van der Waals surface area contributed by atoms with E-state index >= 15 is 0 Å². The zero-order valence-corrected chi connectivity index (χ0v) is 14.6. The summed E-state index contributed by atoms with van der Waals surface area (Å²) in [5, 5.41) is 13.0. The Morgan fingerprint density at radius 1 is 1.36 bits per heavy atom. The average molecular weight is 360 g/mol. The number of aromatic nitrogens is 3. The van der Waals surface area contributed by atoms with Crippen LogP contribution < -0.4 is 10.2 Å². The monoisotopic (exact) mass is 359 g/mol. The predicted octanol–water partition coefficient (Wildman–Crippen LogP) is 3.90. The number of benzene rings is 1. The number of imidazole rings is 1. The maximum atomic E-state index is 11.6. The van der Waals surface area contributed by atoms with E-state index in [4.69, 9.17) is 11.6 Å². The van der Waals surface area contributed by atoms with Crippen LogP contribution in [0.2, 0.25) is 5.02 Å². The Hall–Kier alpha value is -2.80. The lowest BCUT2D eigenvalue weighted by molar-refractivity contribution is 0.0697. The lowest BCUT2D eigenvalue weighted by atomic mass is 10.1. The average Bonchev–Trinajstić information content (AvgIpc) is 2.98. The van der Waals surface area contributed by atoms with Gasteiger partial charge in [-0.15, -0.1) is 0 Å². The van der Waals surface area contributed by atoms with E-state index in [-0.39, 0.29) is 5.56 Å².